The summed E-state index contributed by atoms with van der Waals surface area (Å²) in [7, 11) is 0. The number of likely N-dealkylation sites (tertiary alicyclic amines) is 1. The van der Waals surface area contributed by atoms with Crippen molar-refractivity contribution >= 4 is 35.0 Å². The largest absolute Gasteiger partial charge is 0.347 e. The lowest BCUT2D eigenvalue weighted by Gasteiger charge is -2.22. The van der Waals surface area contributed by atoms with Crippen molar-refractivity contribution in [3.05, 3.63) is 48.0 Å². The van der Waals surface area contributed by atoms with Gasteiger partial charge in [0.15, 0.2) is 0 Å². The summed E-state index contributed by atoms with van der Waals surface area (Å²) in [5.41, 5.74) is 6.75. The molecule has 1 aliphatic heterocycles. The Bertz CT molecular complexity index is 790. The van der Waals surface area contributed by atoms with Crippen molar-refractivity contribution in [1.82, 2.24) is 10.2 Å². The number of nitrogens with zero attached hydrogens (tertiary/aromatic N) is 1. The Labute approximate surface area is 160 Å². The first kappa shape index (κ1) is 20.2. The van der Waals surface area contributed by atoms with Gasteiger partial charge in [-0.2, -0.15) is 0 Å². The van der Waals surface area contributed by atoms with Crippen LogP contribution in [0.5, 0.6) is 0 Å². The van der Waals surface area contributed by atoms with Crippen LogP contribution in [-0.4, -0.2) is 42.9 Å². The van der Waals surface area contributed by atoms with Gasteiger partial charge < -0.3 is 16.0 Å². The van der Waals surface area contributed by atoms with Gasteiger partial charge in [-0.05, 0) is 34.7 Å². The van der Waals surface area contributed by atoms with Crippen LogP contribution in [0.4, 0.5) is 0 Å². The van der Waals surface area contributed by atoms with Gasteiger partial charge in [0.25, 0.3) is 0 Å². The number of hydrogen-bond acceptors (Lipinski definition) is 3. The number of nitrogens with one attached hydrogen (secondary N) is 1. The van der Waals surface area contributed by atoms with E-state index in [4.69, 9.17) is 5.73 Å². The molecular weight excluding hydrogens is 350 g/mol. The number of hydrogen-bond donors (Lipinski definition) is 2. The van der Waals surface area contributed by atoms with Gasteiger partial charge in [0.1, 0.15) is 0 Å². The van der Waals surface area contributed by atoms with Crippen LogP contribution < -0.4 is 11.1 Å². The van der Waals surface area contributed by atoms with Gasteiger partial charge in [-0.25, -0.2) is 0 Å². The Balaban J connectivity index is 0.00000243. The molecule has 1 aliphatic rings. The van der Waals surface area contributed by atoms with Gasteiger partial charge in [0.2, 0.25) is 11.8 Å². The Morgan fingerprint density at radius 3 is 2.65 bits per heavy atom. The zero-order valence-corrected chi connectivity index (χ0v) is 15.8. The molecule has 0 saturated carbocycles. The predicted octanol–water partition coefficient (Wildman–Crippen LogP) is 2.12. The van der Waals surface area contributed by atoms with E-state index in [9.17, 15) is 9.59 Å². The molecule has 1 unspecified atom stereocenters. The molecule has 6 heteroatoms. The summed E-state index contributed by atoms with van der Waals surface area (Å²) in [5.74, 6) is -0.172. The number of carbonyl (C=O) groups is 2. The molecular formula is C20H26ClN3O2. The molecule has 0 spiro atoms. The maximum atomic E-state index is 12.3. The fourth-order valence-electron chi connectivity index (χ4n) is 3.37. The van der Waals surface area contributed by atoms with Crippen molar-refractivity contribution in [1.29, 1.82) is 0 Å². The van der Waals surface area contributed by atoms with E-state index >= 15 is 0 Å². The summed E-state index contributed by atoms with van der Waals surface area (Å²) >= 11 is 0. The first-order valence-electron chi connectivity index (χ1n) is 8.72. The number of nitrogens with two attached hydrogens (primary N) is 1. The minimum absolute atomic E-state index is 0. The molecule has 1 fully saturated rings. The van der Waals surface area contributed by atoms with Crippen molar-refractivity contribution < 1.29 is 9.59 Å². The minimum Gasteiger partial charge on any atom is -0.347 e. The summed E-state index contributed by atoms with van der Waals surface area (Å²) in [6.07, 6.45) is 1.19. The summed E-state index contributed by atoms with van der Waals surface area (Å²) in [6, 6.07) is 13.9. The smallest absolute Gasteiger partial charge is 0.241 e. The Kier molecular flexibility index (Phi) is 6.62. The van der Waals surface area contributed by atoms with Crippen LogP contribution in [-0.2, 0) is 16.0 Å². The van der Waals surface area contributed by atoms with Crippen molar-refractivity contribution in [3.8, 4) is 0 Å². The average molecular weight is 376 g/mol. The third-order valence-electron chi connectivity index (χ3n) is 5.07. The number of rotatable bonds is 5. The Morgan fingerprint density at radius 1 is 1.19 bits per heavy atom. The summed E-state index contributed by atoms with van der Waals surface area (Å²) in [4.78, 5) is 26.3. The lowest BCUT2D eigenvalue weighted by Crippen LogP contribution is -2.41. The van der Waals surface area contributed by atoms with E-state index in [1.807, 2.05) is 42.5 Å². The lowest BCUT2D eigenvalue weighted by molar-refractivity contribution is -0.132. The number of amides is 2. The van der Waals surface area contributed by atoms with E-state index in [0.717, 1.165) is 22.8 Å². The van der Waals surface area contributed by atoms with Gasteiger partial charge in [-0.3, -0.25) is 9.59 Å². The van der Waals surface area contributed by atoms with E-state index in [-0.39, 0.29) is 42.6 Å². The van der Waals surface area contributed by atoms with E-state index in [1.165, 1.54) is 0 Å². The van der Waals surface area contributed by atoms with Crippen LogP contribution in [0.1, 0.15) is 18.9 Å². The molecule has 2 aromatic carbocycles. The van der Waals surface area contributed by atoms with Gasteiger partial charge in [0, 0.05) is 13.1 Å². The van der Waals surface area contributed by atoms with Gasteiger partial charge in [-0.1, -0.05) is 49.4 Å². The van der Waals surface area contributed by atoms with Gasteiger partial charge in [0.05, 0.1) is 13.0 Å². The van der Waals surface area contributed by atoms with E-state index < -0.39 is 0 Å². The standard InChI is InChI=1S/C20H25N3O2.ClH/c1-20(13-21)9-10-23(14-20)19(25)12-22-18(24)11-16-7-4-6-15-5-2-3-8-17(15)16;/h2-8H,9-14,21H2,1H3,(H,22,24);1H. The normalized spacial score (nSPS) is 19.2. The summed E-state index contributed by atoms with van der Waals surface area (Å²) in [6.45, 7) is 4.10. The molecule has 0 radical (unpaired) electrons. The molecule has 140 valence electrons. The zero-order chi connectivity index (χ0) is 17.9. The lowest BCUT2D eigenvalue weighted by atomic mass is 9.90. The van der Waals surface area contributed by atoms with Gasteiger partial charge >= 0.3 is 0 Å². The number of halogens is 1. The van der Waals surface area contributed by atoms with E-state index in [2.05, 4.69) is 12.2 Å². The molecule has 2 amide bonds. The quantitative estimate of drug-likeness (QED) is 0.840. The highest BCUT2D eigenvalue weighted by Gasteiger charge is 2.34. The molecule has 1 atom stereocenters. The molecule has 5 nitrogen and oxygen atoms in total. The molecule has 1 heterocycles. The van der Waals surface area contributed by atoms with Crippen molar-refractivity contribution in [2.45, 2.75) is 19.8 Å². The monoisotopic (exact) mass is 375 g/mol. The zero-order valence-electron chi connectivity index (χ0n) is 15.0. The predicted molar refractivity (Wildman–Crippen MR) is 106 cm³/mol. The fourth-order valence-corrected chi connectivity index (χ4v) is 3.37. The average Bonchev–Trinajstić information content (AvgIpc) is 3.03. The second-order valence-electron chi connectivity index (χ2n) is 7.17. The Morgan fingerprint density at radius 2 is 1.92 bits per heavy atom. The van der Waals surface area contributed by atoms with Crippen molar-refractivity contribution in [3.63, 3.8) is 0 Å². The number of carbonyl (C=O) groups excluding carboxylic acids is 2. The molecule has 3 N–H and O–H groups in total. The molecule has 1 saturated heterocycles. The topological polar surface area (TPSA) is 75.4 Å². The third-order valence-corrected chi connectivity index (χ3v) is 5.07. The van der Waals surface area contributed by atoms with Crippen molar-refractivity contribution in [2.75, 3.05) is 26.2 Å². The fraction of sp³-hybridized carbons (Fsp3) is 0.400. The first-order chi connectivity index (χ1) is 12.0. The van der Waals surface area contributed by atoms with E-state index in [1.54, 1.807) is 4.90 Å². The molecule has 0 aliphatic carbocycles. The van der Waals surface area contributed by atoms with Crippen molar-refractivity contribution in [2.24, 2.45) is 11.1 Å². The second kappa shape index (κ2) is 8.52. The SMILES string of the molecule is CC1(CN)CCN(C(=O)CNC(=O)Cc2cccc3ccccc23)C1.Cl. The maximum absolute atomic E-state index is 12.3. The first-order valence-corrected chi connectivity index (χ1v) is 8.72. The number of benzene rings is 2. The van der Waals surface area contributed by atoms with Gasteiger partial charge in [-0.15, -0.1) is 12.4 Å². The summed E-state index contributed by atoms with van der Waals surface area (Å²) in [5, 5.41) is 4.94. The highest BCUT2D eigenvalue weighted by atomic mass is 35.5. The van der Waals surface area contributed by atoms with Crippen LogP contribution in [0.3, 0.4) is 0 Å². The molecule has 2 aromatic rings. The molecule has 0 bridgehead atoms. The maximum Gasteiger partial charge on any atom is 0.241 e. The number of fused-ring (bicyclic) bond motifs is 1. The highest BCUT2D eigenvalue weighted by molar-refractivity contribution is 5.91. The second-order valence-corrected chi connectivity index (χ2v) is 7.17. The highest BCUT2D eigenvalue weighted by Crippen LogP contribution is 2.28. The molecule has 0 aromatic heterocycles. The van der Waals surface area contributed by atoms with Crippen LogP contribution in [0.2, 0.25) is 0 Å². The minimum atomic E-state index is -0.134. The Hall–Kier alpha value is -2.11. The van der Waals surface area contributed by atoms with Crippen LogP contribution in [0.25, 0.3) is 10.8 Å². The molecule has 26 heavy (non-hydrogen) atoms. The van der Waals surface area contributed by atoms with Crippen LogP contribution >= 0.6 is 12.4 Å². The van der Waals surface area contributed by atoms with Crippen LogP contribution in [0.15, 0.2) is 42.5 Å². The van der Waals surface area contributed by atoms with E-state index in [0.29, 0.717) is 19.6 Å². The summed E-state index contributed by atoms with van der Waals surface area (Å²) < 4.78 is 0. The van der Waals surface area contributed by atoms with Crippen LogP contribution in [0, 0.1) is 5.41 Å². The molecule has 3 rings (SSSR count). The third kappa shape index (κ3) is 4.54.